The smallest absolute Gasteiger partial charge is 0.245 e. The van der Waals surface area contributed by atoms with Gasteiger partial charge in [-0.2, -0.15) is 4.31 Å². The molecule has 0 heterocycles. The summed E-state index contributed by atoms with van der Waals surface area (Å²) in [5, 5.41) is 3.02. The number of carbonyl (C=O) groups is 1. The van der Waals surface area contributed by atoms with E-state index in [-0.39, 0.29) is 28.0 Å². The zero-order valence-corrected chi connectivity index (χ0v) is 20.2. The maximum atomic E-state index is 13.4. The minimum Gasteiger partial charge on any atom is -0.324 e. The van der Waals surface area contributed by atoms with E-state index in [9.17, 15) is 13.2 Å². The van der Waals surface area contributed by atoms with Gasteiger partial charge in [0.2, 0.25) is 15.9 Å². The lowest BCUT2D eigenvalue weighted by molar-refractivity contribution is -0.116. The largest absolute Gasteiger partial charge is 0.324 e. The van der Waals surface area contributed by atoms with Crippen LogP contribution < -0.4 is 5.32 Å². The zero-order chi connectivity index (χ0) is 22.4. The van der Waals surface area contributed by atoms with Gasteiger partial charge in [-0.25, -0.2) is 8.42 Å². The van der Waals surface area contributed by atoms with Crippen LogP contribution in [0, 0.1) is 0 Å². The fourth-order valence-electron chi connectivity index (χ4n) is 2.91. The molecule has 0 unspecified atom stereocenters. The topological polar surface area (TPSA) is 66.5 Å². The summed E-state index contributed by atoms with van der Waals surface area (Å²) in [7, 11) is -4.08. The minimum atomic E-state index is -4.08. The van der Waals surface area contributed by atoms with E-state index in [4.69, 9.17) is 23.2 Å². The van der Waals surface area contributed by atoms with Crippen LogP contribution >= 0.6 is 39.1 Å². The van der Waals surface area contributed by atoms with Crippen LogP contribution in [-0.2, 0) is 21.2 Å². The molecule has 0 spiro atoms. The normalized spacial score (nSPS) is 11.5. The van der Waals surface area contributed by atoms with E-state index in [1.807, 2.05) is 36.4 Å². The van der Waals surface area contributed by atoms with Gasteiger partial charge in [-0.05, 0) is 58.2 Å². The molecule has 5 nitrogen and oxygen atoms in total. The Bertz CT molecular complexity index is 1170. The van der Waals surface area contributed by atoms with Crippen molar-refractivity contribution in [3.05, 3.63) is 92.9 Å². The van der Waals surface area contributed by atoms with E-state index >= 15 is 0 Å². The van der Waals surface area contributed by atoms with Gasteiger partial charge in [0, 0.05) is 16.0 Å². The quantitative estimate of drug-likeness (QED) is 0.402. The van der Waals surface area contributed by atoms with Gasteiger partial charge in [-0.3, -0.25) is 4.79 Å². The molecule has 0 radical (unpaired) electrons. The molecule has 0 aliphatic carbocycles. The number of nitrogens with zero attached hydrogens (tertiary/aromatic N) is 1. The van der Waals surface area contributed by atoms with Gasteiger partial charge in [0.15, 0.2) is 0 Å². The second-order valence-corrected chi connectivity index (χ2v) is 10.3. The van der Waals surface area contributed by atoms with E-state index in [0.29, 0.717) is 16.6 Å². The van der Waals surface area contributed by atoms with E-state index in [1.165, 1.54) is 18.2 Å². The second-order valence-electron chi connectivity index (χ2n) is 6.68. The van der Waals surface area contributed by atoms with Gasteiger partial charge in [0.05, 0.1) is 17.3 Å². The van der Waals surface area contributed by atoms with E-state index in [2.05, 4.69) is 21.2 Å². The van der Waals surface area contributed by atoms with Crippen LogP contribution in [0.5, 0.6) is 0 Å². The Hall–Kier alpha value is -1.90. The number of sulfonamides is 1. The predicted molar refractivity (Wildman–Crippen MR) is 128 cm³/mol. The van der Waals surface area contributed by atoms with Gasteiger partial charge >= 0.3 is 0 Å². The van der Waals surface area contributed by atoms with Crippen molar-refractivity contribution in [1.29, 1.82) is 0 Å². The number of carbonyl (C=O) groups excluding carboxylic acids is 1. The van der Waals surface area contributed by atoms with Crippen molar-refractivity contribution in [3.8, 4) is 0 Å². The summed E-state index contributed by atoms with van der Waals surface area (Å²) in [6.07, 6.45) is 0.431. The van der Waals surface area contributed by atoms with Gasteiger partial charge in [0.25, 0.3) is 0 Å². The highest BCUT2D eigenvalue weighted by Crippen LogP contribution is 2.28. The molecular weight excluding hydrogens is 523 g/mol. The number of para-hydroxylation sites is 1. The molecule has 3 aromatic carbocycles. The summed E-state index contributed by atoms with van der Waals surface area (Å²) in [6, 6.07) is 20.8. The molecule has 3 rings (SSSR count). The number of rotatable bonds is 8. The van der Waals surface area contributed by atoms with Gasteiger partial charge in [-0.15, -0.1) is 0 Å². The molecule has 0 aliphatic heterocycles. The third kappa shape index (κ3) is 6.30. The van der Waals surface area contributed by atoms with Gasteiger partial charge in [0.1, 0.15) is 4.90 Å². The Morgan fingerprint density at radius 3 is 2.35 bits per heavy atom. The first kappa shape index (κ1) is 23.8. The predicted octanol–water partition coefficient (Wildman–Crippen LogP) is 5.63. The van der Waals surface area contributed by atoms with Gasteiger partial charge in [-0.1, -0.05) is 65.7 Å². The van der Waals surface area contributed by atoms with E-state index in [0.717, 1.165) is 9.87 Å². The number of anilines is 1. The van der Waals surface area contributed by atoms with Crippen molar-refractivity contribution in [2.45, 2.75) is 11.3 Å². The molecule has 0 bridgehead atoms. The monoisotopic (exact) mass is 540 g/mol. The average Bonchev–Trinajstić information content (AvgIpc) is 2.75. The fourth-order valence-corrected chi connectivity index (χ4v) is 5.43. The summed E-state index contributed by atoms with van der Waals surface area (Å²) in [6.45, 7) is -0.280. The Balaban J connectivity index is 1.87. The fraction of sp³-hybridized carbons (Fsp3) is 0.136. The summed E-state index contributed by atoms with van der Waals surface area (Å²) >= 11 is 15.5. The molecular formula is C22H19BrCl2N2O3S. The number of amides is 1. The van der Waals surface area contributed by atoms with Crippen LogP contribution in [0.2, 0.25) is 10.0 Å². The van der Waals surface area contributed by atoms with Crippen LogP contribution in [-0.4, -0.2) is 31.7 Å². The first-order valence-corrected chi connectivity index (χ1v) is 12.3. The molecule has 0 saturated heterocycles. The van der Waals surface area contributed by atoms with Crippen molar-refractivity contribution in [3.63, 3.8) is 0 Å². The number of nitrogens with one attached hydrogen (secondary N) is 1. The first-order valence-electron chi connectivity index (χ1n) is 9.31. The molecule has 0 aliphatic rings. The molecule has 9 heteroatoms. The Kier molecular flexibility index (Phi) is 8.13. The molecule has 1 N–H and O–H groups in total. The van der Waals surface area contributed by atoms with Crippen LogP contribution in [0.15, 0.2) is 82.2 Å². The highest BCUT2D eigenvalue weighted by atomic mass is 79.9. The number of hydrogen-bond acceptors (Lipinski definition) is 3. The number of hydrogen-bond donors (Lipinski definition) is 1. The average molecular weight is 542 g/mol. The lowest BCUT2D eigenvalue weighted by Crippen LogP contribution is -2.39. The summed E-state index contributed by atoms with van der Waals surface area (Å²) < 4.78 is 28.6. The van der Waals surface area contributed by atoms with Crippen LogP contribution in [0.25, 0.3) is 0 Å². The maximum Gasteiger partial charge on any atom is 0.245 e. The molecule has 31 heavy (non-hydrogen) atoms. The number of halogens is 3. The standard InChI is InChI=1S/C22H19BrCl2N2O3S/c23-18-8-4-5-9-20(18)26-22(28)15-27(13-12-16-6-2-1-3-7-16)31(29,30)21-14-17(24)10-11-19(21)25/h1-11,14H,12-13,15H2,(H,26,28). The molecule has 3 aromatic rings. The Morgan fingerprint density at radius 1 is 0.968 bits per heavy atom. The van der Waals surface area contributed by atoms with E-state index in [1.54, 1.807) is 18.2 Å². The number of benzene rings is 3. The van der Waals surface area contributed by atoms with Crippen LogP contribution in [0.3, 0.4) is 0 Å². The van der Waals surface area contributed by atoms with Gasteiger partial charge < -0.3 is 5.32 Å². The minimum absolute atomic E-state index is 0.0420. The Labute approximate surface area is 200 Å². The van der Waals surface area contributed by atoms with Crippen molar-refractivity contribution in [2.75, 3.05) is 18.4 Å². The highest BCUT2D eigenvalue weighted by molar-refractivity contribution is 9.10. The lowest BCUT2D eigenvalue weighted by Gasteiger charge is -2.23. The second kappa shape index (κ2) is 10.6. The highest BCUT2D eigenvalue weighted by Gasteiger charge is 2.29. The van der Waals surface area contributed by atoms with Crippen molar-refractivity contribution >= 4 is 60.7 Å². The SMILES string of the molecule is O=C(CN(CCc1ccccc1)S(=O)(=O)c1cc(Cl)ccc1Cl)Nc1ccccc1Br. The van der Waals surface area contributed by atoms with Crippen molar-refractivity contribution in [2.24, 2.45) is 0 Å². The van der Waals surface area contributed by atoms with Crippen LogP contribution in [0.4, 0.5) is 5.69 Å². The summed E-state index contributed by atoms with van der Waals surface area (Å²) in [4.78, 5) is 12.6. The molecule has 0 aromatic heterocycles. The third-order valence-corrected chi connectivity index (χ3v) is 7.73. The zero-order valence-electron chi connectivity index (χ0n) is 16.3. The third-order valence-electron chi connectivity index (χ3n) is 4.47. The maximum absolute atomic E-state index is 13.4. The molecule has 1 amide bonds. The van der Waals surface area contributed by atoms with E-state index < -0.39 is 15.9 Å². The molecule has 0 saturated carbocycles. The molecule has 0 atom stereocenters. The first-order chi connectivity index (χ1) is 14.8. The van der Waals surface area contributed by atoms with Crippen molar-refractivity contribution < 1.29 is 13.2 Å². The van der Waals surface area contributed by atoms with Crippen LogP contribution in [0.1, 0.15) is 5.56 Å². The Morgan fingerprint density at radius 2 is 1.65 bits per heavy atom. The van der Waals surface area contributed by atoms with Crippen molar-refractivity contribution in [1.82, 2.24) is 4.31 Å². The lowest BCUT2D eigenvalue weighted by atomic mass is 10.1. The summed E-state index contributed by atoms with van der Waals surface area (Å²) in [5.41, 5.74) is 1.50. The molecule has 0 fully saturated rings. The molecule has 162 valence electrons. The summed E-state index contributed by atoms with van der Waals surface area (Å²) in [5.74, 6) is -0.471.